The molecule has 3 heterocycles. The van der Waals surface area contributed by atoms with Crippen LogP contribution in [0, 0.1) is 15.9 Å². The average molecular weight is 530 g/mol. The first kappa shape index (κ1) is 26.4. The van der Waals surface area contributed by atoms with Gasteiger partial charge in [-0.05, 0) is 30.9 Å². The molecule has 0 spiro atoms. The number of fused-ring (bicyclic) bond motifs is 1. The van der Waals surface area contributed by atoms with Gasteiger partial charge in [0.25, 0.3) is 11.2 Å². The molecule has 1 aromatic carbocycles. The van der Waals surface area contributed by atoms with Crippen molar-refractivity contribution in [2.24, 2.45) is 0 Å². The van der Waals surface area contributed by atoms with Crippen LogP contribution in [0.3, 0.4) is 0 Å². The highest BCUT2D eigenvalue weighted by atomic mass is 32.1. The number of likely N-dealkylation sites (N-methyl/N-ethyl adjacent to an activating group) is 1. The second-order valence-electron chi connectivity index (χ2n) is 8.52. The Kier molecular flexibility index (Phi) is 8.24. The molecule has 0 unspecified atom stereocenters. The minimum absolute atomic E-state index is 0.0375. The van der Waals surface area contributed by atoms with E-state index in [1.165, 1.54) is 20.6 Å². The Labute approximate surface area is 215 Å². The first-order valence-electron chi connectivity index (χ1n) is 12.1. The molecule has 0 fully saturated rings. The van der Waals surface area contributed by atoms with Crippen LogP contribution in [-0.2, 0) is 32.5 Å². The van der Waals surface area contributed by atoms with Crippen molar-refractivity contribution < 1.29 is 9.31 Å². The lowest BCUT2D eigenvalue weighted by Crippen LogP contribution is -2.41. The van der Waals surface area contributed by atoms with Gasteiger partial charge in [-0.25, -0.2) is 14.2 Å². The number of aromatic nitrogens is 5. The fourth-order valence-electron chi connectivity index (χ4n) is 4.35. The first-order chi connectivity index (χ1) is 17.9. The van der Waals surface area contributed by atoms with E-state index in [1.807, 2.05) is 13.8 Å². The van der Waals surface area contributed by atoms with Crippen LogP contribution in [0.5, 0.6) is 0 Å². The number of hydrogen-bond donors (Lipinski definition) is 1. The van der Waals surface area contributed by atoms with Gasteiger partial charge >= 0.3 is 5.69 Å². The summed E-state index contributed by atoms with van der Waals surface area (Å²) in [6.45, 7) is 5.78. The Bertz CT molecular complexity index is 1540. The summed E-state index contributed by atoms with van der Waals surface area (Å²) in [4.78, 5) is 42.7. The Morgan fingerprint density at radius 2 is 1.89 bits per heavy atom. The maximum absolute atomic E-state index is 14.3. The largest absolute Gasteiger partial charge is 0.332 e. The Morgan fingerprint density at radius 3 is 2.57 bits per heavy atom. The van der Waals surface area contributed by atoms with Crippen molar-refractivity contribution in [2.45, 2.75) is 52.7 Å². The SMILES string of the molecule is CCCn1c(=O)c2c(nc(Cc3nscc3F)n2CCNCC)n(CCc2ccccc2[N+](=O)[O-])c1=O. The number of nitrogens with one attached hydrogen (secondary N) is 1. The number of nitro groups is 1. The molecule has 11 nitrogen and oxygen atoms in total. The molecule has 0 aliphatic heterocycles. The Morgan fingerprint density at radius 1 is 1.11 bits per heavy atom. The van der Waals surface area contributed by atoms with Gasteiger partial charge in [0.15, 0.2) is 17.0 Å². The summed E-state index contributed by atoms with van der Waals surface area (Å²) in [5, 5.41) is 16.0. The smallest absolute Gasteiger partial charge is 0.321 e. The number of nitro benzene ring substituents is 1. The molecule has 13 heteroatoms. The van der Waals surface area contributed by atoms with Crippen molar-refractivity contribution in [3.8, 4) is 0 Å². The average Bonchev–Trinajstić information content (AvgIpc) is 3.45. The van der Waals surface area contributed by atoms with Gasteiger partial charge in [0.2, 0.25) is 0 Å². The van der Waals surface area contributed by atoms with E-state index in [4.69, 9.17) is 0 Å². The summed E-state index contributed by atoms with van der Waals surface area (Å²) >= 11 is 0.996. The van der Waals surface area contributed by atoms with Crippen LogP contribution in [0.15, 0.2) is 39.2 Å². The van der Waals surface area contributed by atoms with Gasteiger partial charge in [0.1, 0.15) is 5.82 Å². The fraction of sp³-hybridized carbons (Fsp3) is 0.417. The number of benzene rings is 1. The normalized spacial score (nSPS) is 11.4. The van der Waals surface area contributed by atoms with Crippen LogP contribution >= 0.6 is 11.5 Å². The standard InChI is InChI=1S/C24H28FN7O4S/c1-3-11-31-23(33)21-22(30(24(31)34)12-9-16-7-5-6-8-19(16)32(35)36)27-20(29(21)13-10-26-4-2)14-18-17(25)15-37-28-18/h5-8,15,26H,3-4,9-14H2,1-2H3. The summed E-state index contributed by atoms with van der Waals surface area (Å²) in [5.74, 6) is -0.0321. The van der Waals surface area contributed by atoms with Gasteiger partial charge in [-0.1, -0.05) is 32.0 Å². The van der Waals surface area contributed by atoms with Gasteiger partial charge in [-0.2, -0.15) is 4.37 Å². The van der Waals surface area contributed by atoms with Crippen molar-refractivity contribution in [1.29, 1.82) is 0 Å². The summed E-state index contributed by atoms with van der Waals surface area (Å²) in [7, 11) is 0. The van der Waals surface area contributed by atoms with Crippen molar-refractivity contribution >= 4 is 28.4 Å². The van der Waals surface area contributed by atoms with E-state index in [-0.39, 0.29) is 48.5 Å². The second kappa shape index (κ2) is 11.6. The molecule has 4 rings (SSSR count). The van der Waals surface area contributed by atoms with Crippen molar-refractivity contribution in [2.75, 3.05) is 13.1 Å². The van der Waals surface area contributed by atoms with E-state index in [2.05, 4.69) is 14.7 Å². The van der Waals surface area contributed by atoms with E-state index in [0.29, 0.717) is 30.9 Å². The van der Waals surface area contributed by atoms with Crippen molar-refractivity contribution in [3.63, 3.8) is 0 Å². The van der Waals surface area contributed by atoms with Crippen LogP contribution in [0.4, 0.5) is 10.1 Å². The zero-order valence-electron chi connectivity index (χ0n) is 20.6. The molecule has 196 valence electrons. The van der Waals surface area contributed by atoms with Crippen LogP contribution in [0.2, 0.25) is 0 Å². The topological polar surface area (TPSA) is 130 Å². The van der Waals surface area contributed by atoms with Crippen LogP contribution < -0.4 is 16.6 Å². The minimum Gasteiger partial charge on any atom is -0.321 e. The van der Waals surface area contributed by atoms with Crippen molar-refractivity contribution in [1.82, 2.24) is 28.4 Å². The van der Waals surface area contributed by atoms with E-state index in [1.54, 1.807) is 22.8 Å². The van der Waals surface area contributed by atoms with E-state index in [9.17, 15) is 24.1 Å². The highest BCUT2D eigenvalue weighted by molar-refractivity contribution is 7.03. The summed E-state index contributed by atoms with van der Waals surface area (Å²) in [6.07, 6.45) is 0.811. The first-order valence-corrected chi connectivity index (χ1v) is 12.9. The number of para-hydroxylation sites is 1. The molecule has 0 radical (unpaired) electrons. The Balaban J connectivity index is 1.89. The number of hydrogen-bond acceptors (Lipinski definition) is 8. The van der Waals surface area contributed by atoms with Gasteiger partial charge in [-0.15, -0.1) is 0 Å². The number of nitrogens with zero attached hydrogens (tertiary/aromatic N) is 6. The monoisotopic (exact) mass is 529 g/mol. The van der Waals surface area contributed by atoms with Gasteiger partial charge in [-0.3, -0.25) is 24.0 Å². The molecule has 0 saturated carbocycles. The lowest BCUT2D eigenvalue weighted by molar-refractivity contribution is -0.385. The fourth-order valence-corrected chi connectivity index (χ4v) is 4.91. The van der Waals surface area contributed by atoms with Crippen LogP contribution in [-0.4, -0.2) is 41.1 Å². The lowest BCUT2D eigenvalue weighted by Gasteiger charge is -2.13. The van der Waals surface area contributed by atoms with Crippen LogP contribution in [0.25, 0.3) is 11.2 Å². The number of rotatable bonds is 12. The second-order valence-corrected chi connectivity index (χ2v) is 9.15. The van der Waals surface area contributed by atoms with E-state index in [0.717, 1.165) is 18.1 Å². The van der Waals surface area contributed by atoms with Gasteiger partial charge in [0, 0.05) is 43.2 Å². The molecule has 3 aromatic heterocycles. The number of halogens is 1. The maximum Gasteiger partial charge on any atom is 0.332 e. The molecule has 0 aliphatic rings. The molecule has 0 aliphatic carbocycles. The molecule has 0 bridgehead atoms. The molecular weight excluding hydrogens is 501 g/mol. The summed E-state index contributed by atoms with van der Waals surface area (Å²) in [5.41, 5.74) is 0.0926. The molecule has 0 saturated heterocycles. The highest BCUT2D eigenvalue weighted by Crippen LogP contribution is 2.21. The molecule has 37 heavy (non-hydrogen) atoms. The highest BCUT2D eigenvalue weighted by Gasteiger charge is 2.23. The van der Waals surface area contributed by atoms with Gasteiger partial charge in [0.05, 0.1) is 17.0 Å². The van der Waals surface area contributed by atoms with Crippen LogP contribution in [0.1, 0.15) is 37.4 Å². The zero-order chi connectivity index (χ0) is 26.5. The van der Waals surface area contributed by atoms with E-state index < -0.39 is 22.0 Å². The quantitative estimate of drug-likeness (QED) is 0.170. The van der Waals surface area contributed by atoms with Gasteiger partial charge < -0.3 is 9.88 Å². The molecule has 0 atom stereocenters. The number of imidazole rings is 1. The third kappa shape index (κ3) is 5.37. The number of aryl methyl sites for hydroxylation is 2. The lowest BCUT2D eigenvalue weighted by atomic mass is 10.1. The van der Waals surface area contributed by atoms with Crippen molar-refractivity contribution in [3.05, 3.63) is 83.5 Å². The predicted molar refractivity (Wildman–Crippen MR) is 139 cm³/mol. The molecular formula is C24H28FN7O4S. The third-order valence-corrected chi connectivity index (χ3v) is 6.75. The molecule has 4 aromatic rings. The molecule has 1 N–H and O–H groups in total. The third-order valence-electron chi connectivity index (χ3n) is 6.12. The summed E-state index contributed by atoms with van der Waals surface area (Å²) in [6, 6.07) is 6.35. The molecule has 0 amide bonds. The Hall–Kier alpha value is -3.71. The maximum atomic E-state index is 14.3. The zero-order valence-corrected chi connectivity index (χ0v) is 21.5. The summed E-state index contributed by atoms with van der Waals surface area (Å²) < 4.78 is 22.7. The predicted octanol–water partition coefficient (Wildman–Crippen LogP) is 2.72. The minimum atomic E-state index is -0.527. The van der Waals surface area contributed by atoms with E-state index >= 15 is 0 Å².